The van der Waals surface area contributed by atoms with Gasteiger partial charge in [-0.15, -0.1) is 23.2 Å². The molecule has 0 saturated heterocycles. The Hall–Kier alpha value is 0.0900. The fraction of sp³-hybridized carbons (Fsp3) is 0.400. The smallest absolute Gasteiger partial charge is 0.102 e. The summed E-state index contributed by atoms with van der Waals surface area (Å²) in [7, 11) is 0. The lowest BCUT2D eigenvalue weighted by Crippen LogP contribution is -2.07. The van der Waals surface area contributed by atoms with Gasteiger partial charge in [0.25, 0.3) is 0 Å². The van der Waals surface area contributed by atoms with Crippen LogP contribution in [0.25, 0.3) is 0 Å². The van der Waals surface area contributed by atoms with Crippen LogP contribution in [0.3, 0.4) is 0 Å². The maximum Gasteiger partial charge on any atom is 0.115 e. The molecule has 0 aliphatic carbocycles. The molecule has 0 bridgehead atoms. The summed E-state index contributed by atoms with van der Waals surface area (Å²) in [5.74, 6) is 0. The van der Waals surface area contributed by atoms with E-state index in [2.05, 4.69) is 0 Å². The molecule has 0 radical (unpaired) electrons. The van der Waals surface area contributed by atoms with Crippen LogP contribution in [0.4, 0.5) is 0 Å². The largest absolute Gasteiger partial charge is 0.115 e. The summed E-state index contributed by atoms with van der Waals surface area (Å²) in [6.07, 6.45) is 1.62. The minimum absolute atomic E-state index is 0.639. The van der Waals surface area contributed by atoms with Gasteiger partial charge in [0.05, 0.1) is 0 Å². The molecule has 0 aromatic heterocycles. The lowest BCUT2D eigenvalue weighted by atomic mass is 10.1. The van der Waals surface area contributed by atoms with Crippen molar-refractivity contribution in [3.8, 4) is 0 Å². The van der Waals surface area contributed by atoms with Gasteiger partial charge in [0.1, 0.15) is 4.33 Å². The summed E-state index contributed by atoms with van der Waals surface area (Å²) in [5, 5.41) is 0.753. The third kappa shape index (κ3) is 4.75. The van der Waals surface area contributed by atoms with E-state index in [-0.39, 0.29) is 0 Å². The first-order chi connectivity index (χ1) is 5.97. The van der Waals surface area contributed by atoms with Crippen molar-refractivity contribution in [2.24, 2.45) is 0 Å². The number of hydrogen-bond donors (Lipinski definition) is 0. The summed E-state index contributed by atoms with van der Waals surface area (Å²) in [6.45, 7) is 1.80. The lowest BCUT2D eigenvalue weighted by molar-refractivity contribution is 0.747. The minimum Gasteiger partial charge on any atom is -0.102 e. The van der Waals surface area contributed by atoms with Gasteiger partial charge in [-0.1, -0.05) is 23.7 Å². The Morgan fingerprint density at radius 1 is 1.15 bits per heavy atom. The van der Waals surface area contributed by atoms with Crippen molar-refractivity contribution in [2.45, 2.75) is 24.1 Å². The highest BCUT2D eigenvalue weighted by Gasteiger charge is 2.15. The van der Waals surface area contributed by atoms with Crippen LogP contribution >= 0.6 is 34.8 Å². The maximum absolute atomic E-state index is 5.85. The van der Waals surface area contributed by atoms with Crippen LogP contribution in [-0.2, 0) is 6.42 Å². The van der Waals surface area contributed by atoms with Gasteiger partial charge in [-0.25, -0.2) is 0 Å². The normalized spacial score (nSPS) is 11.7. The van der Waals surface area contributed by atoms with Crippen LogP contribution in [0.5, 0.6) is 0 Å². The van der Waals surface area contributed by atoms with E-state index in [1.165, 1.54) is 5.56 Å². The van der Waals surface area contributed by atoms with Gasteiger partial charge in [-0.3, -0.25) is 0 Å². The molecule has 0 N–H and O–H groups in total. The summed E-state index contributed by atoms with van der Waals surface area (Å²) < 4.78 is -0.639. The first kappa shape index (κ1) is 11.2. The van der Waals surface area contributed by atoms with Gasteiger partial charge < -0.3 is 0 Å². The molecule has 0 atom stereocenters. The summed E-state index contributed by atoms with van der Waals surface area (Å²) in [5.41, 5.74) is 1.21. The van der Waals surface area contributed by atoms with Crippen LogP contribution in [-0.4, -0.2) is 4.33 Å². The molecule has 1 rings (SSSR count). The average molecular weight is 238 g/mol. The van der Waals surface area contributed by atoms with Gasteiger partial charge in [-0.05, 0) is 37.5 Å². The Kier molecular flexibility index (Phi) is 3.90. The van der Waals surface area contributed by atoms with E-state index >= 15 is 0 Å². The molecule has 0 aliphatic rings. The zero-order valence-corrected chi connectivity index (χ0v) is 9.63. The van der Waals surface area contributed by atoms with Crippen LogP contribution in [0, 0.1) is 0 Å². The predicted octanol–water partition coefficient (Wildman–Crippen LogP) is 4.47. The average Bonchev–Trinajstić information content (AvgIpc) is 2.02. The number of halogens is 3. The zero-order valence-electron chi connectivity index (χ0n) is 7.36. The molecule has 0 unspecified atom stereocenters. The minimum atomic E-state index is -0.639. The Bertz CT molecular complexity index is 258. The second kappa shape index (κ2) is 4.54. The molecule has 1 aromatic rings. The summed E-state index contributed by atoms with van der Waals surface area (Å²) in [6, 6.07) is 7.72. The Morgan fingerprint density at radius 3 is 2.15 bits per heavy atom. The standard InChI is InChI=1S/C10H11Cl3/c1-10(12,13)7-6-8-2-4-9(11)5-3-8/h2-5H,6-7H2,1H3. The van der Waals surface area contributed by atoms with Crippen LogP contribution in [0.15, 0.2) is 24.3 Å². The number of alkyl halides is 2. The van der Waals surface area contributed by atoms with Gasteiger partial charge in [0.2, 0.25) is 0 Å². The molecule has 13 heavy (non-hydrogen) atoms. The van der Waals surface area contributed by atoms with Gasteiger partial charge in [0, 0.05) is 5.02 Å². The molecule has 0 heterocycles. The second-order valence-corrected chi connectivity index (χ2v) is 5.49. The maximum atomic E-state index is 5.85. The third-order valence-electron chi connectivity index (χ3n) is 1.77. The third-order valence-corrected chi connectivity index (χ3v) is 2.40. The van der Waals surface area contributed by atoms with E-state index < -0.39 is 4.33 Å². The van der Waals surface area contributed by atoms with E-state index in [1.807, 2.05) is 24.3 Å². The SMILES string of the molecule is CC(Cl)(Cl)CCc1ccc(Cl)cc1. The molecule has 0 saturated carbocycles. The van der Waals surface area contributed by atoms with Crippen molar-refractivity contribution in [3.05, 3.63) is 34.9 Å². The molecule has 0 aliphatic heterocycles. The van der Waals surface area contributed by atoms with Crippen molar-refractivity contribution < 1.29 is 0 Å². The van der Waals surface area contributed by atoms with Crippen LogP contribution in [0.2, 0.25) is 5.02 Å². The van der Waals surface area contributed by atoms with Gasteiger partial charge in [0.15, 0.2) is 0 Å². The highest BCUT2D eigenvalue weighted by molar-refractivity contribution is 6.48. The predicted molar refractivity (Wildman–Crippen MR) is 59.9 cm³/mol. The number of rotatable bonds is 3. The van der Waals surface area contributed by atoms with E-state index in [4.69, 9.17) is 34.8 Å². The first-order valence-electron chi connectivity index (χ1n) is 4.10. The molecule has 72 valence electrons. The monoisotopic (exact) mass is 236 g/mol. The van der Waals surface area contributed by atoms with Crippen molar-refractivity contribution in [1.82, 2.24) is 0 Å². The van der Waals surface area contributed by atoms with Crippen LogP contribution in [0.1, 0.15) is 18.9 Å². The van der Waals surface area contributed by atoms with Crippen LogP contribution < -0.4 is 0 Å². The number of hydrogen-bond acceptors (Lipinski definition) is 0. The van der Waals surface area contributed by atoms with Gasteiger partial charge >= 0.3 is 0 Å². The van der Waals surface area contributed by atoms with Gasteiger partial charge in [-0.2, -0.15) is 0 Å². The van der Waals surface area contributed by atoms with E-state index in [9.17, 15) is 0 Å². The second-order valence-electron chi connectivity index (χ2n) is 3.20. The highest BCUT2D eigenvalue weighted by Crippen LogP contribution is 2.26. The molecular weight excluding hydrogens is 226 g/mol. The molecule has 1 aromatic carbocycles. The van der Waals surface area contributed by atoms with Crippen molar-refractivity contribution in [3.63, 3.8) is 0 Å². The molecule has 0 fully saturated rings. The fourth-order valence-electron chi connectivity index (χ4n) is 1.01. The van der Waals surface area contributed by atoms with Crippen molar-refractivity contribution >= 4 is 34.8 Å². The summed E-state index contributed by atoms with van der Waals surface area (Å²) >= 11 is 17.5. The first-order valence-corrected chi connectivity index (χ1v) is 5.23. The topological polar surface area (TPSA) is 0 Å². The number of benzene rings is 1. The highest BCUT2D eigenvalue weighted by atomic mass is 35.5. The summed E-state index contributed by atoms with van der Waals surface area (Å²) in [4.78, 5) is 0. The zero-order chi connectivity index (χ0) is 9.90. The van der Waals surface area contributed by atoms with Crippen molar-refractivity contribution in [1.29, 1.82) is 0 Å². The van der Waals surface area contributed by atoms with E-state index in [0.29, 0.717) is 0 Å². The molecule has 3 heteroatoms. The molecule has 0 spiro atoms. The van der Waals surface area contributed by atoms with Crippen molar-refractivity contribution in [2.75, 3.05) is 0 Å². The molecule has 0 nitrogen and oxygen atoms in total. The van der Waals surface area contributed by atoms with E-state index in [0.717, 1.165) is 17.9 Å². The molecular formula is C10H11Cl3. The fourth-order valence-corrected chi connectivity index (χ4v) is 1.33. The quantitative estimate of drug-likeness (QED) is 0.681. The number of aryl methyl sites for hydroxylation is 1. The Balaban J connectivity index is 2.51. The molecule has 0 amide bonds. The Labute approximate surface area is 93.8 Å². The lowest BCUT2D eigenvalue weighted by Gasteiger charge is -2.12. The Morgan fingerprint density at radius 2 is 1.69 bits per heavy atom. The van der Waals surface area contributed by atoms with E-state index in [1.54, 1.807) is 6.92 Å².